The molecule has 0 saturated carbocycles. The summed E-state index contributed by atoms with van der Waals surface area (Å²) in [4.78, 5) is 25.9. The third kappa shape index (κ3) is 3.05. The van der Waals surface area contributed by atoms with Crippen molar-refractivity contribution in [2.75, 3.05) is 11.4 Å². The summed E-state index contributed by atoms with van der Waals surface area (Å²) in [6.07, 6.45) is 3.46. The lowest BCUT2D eigenvalue weighted by molar-refractivity contribution is -0.118. The van der Waals surface area contributed by atoms with Crippen molar-refractivity contribution >= 4 is 29.1 Å². The van der Waals surface area contributed by atoms with Crippen molar-refractivity contribution in [2.24, 2.45) is 7.05 Å². The summed E-state index contributed by atoms with van der Waals surface area (Å²) in [5, 5.41) is 6.60. The Balaban J connectivity index is 1.71. The minimum atomic E-state index is -0.638. The molecular weight excluding hydrogens is 323 g/mol. The van der Waals surface area contributed by atoms with Crippen LogP contribution in [0, 0.1) is 5.82 Å². The maximum atomic E-state index is 13.5. The molecule has 120 valence electrons. The Hall–Kier alpha value is -2.41. The molecule has 2 heterocycles. The van der Waals surface area contributed by atoms with Gasteiger partial charge in [0.25, 0.3) is 5.91 Å². The second-order valence-electron chi connectivity index (χ2n) is 5.31. The number of amides is 2. The molecule has 1 fully saturated rings. The van der Waals surface area contributed by atoms with Crippen LogP contribution in [0.2, 0.25) is 5.02 Å². The zero-order chi connectivity index (χ0) is 16.6. The first-order valence-corrected chi connectivity index (χ1v) is 7.39. The Bertz CT molecular complexity index is 777. The number of carbonyl (C=O) groups excluding carboxylic acids is 2. The van der Waals surface area contributed by atoms with Gasteiger partial charge in [-0.25, -0.2) is 4.39 Å². The molecule has 0 spiro atoms. The number of halogens is 2. The molecule has 6 nitrogen and oxygen atoms in total. The van der Waals surface area contributed by atoms with Crippen molar-refractivity contribution in [1.82, 2.24) is 15.1 Å². The highest BCUT2D eigenvalue weighted by Gasteiger charge is 2.34. The van der Waals surface area contributed by atoms with E-state index in [1.807, 2.05) is 0 Å². The largest absolute Gasteiger partial charge is 0.340 e. The van der Waals surface area contributed by atoms with E-state index in [2.05, 4.69) is 10.4 Å². The average Bonchev–Trinajstić information content (AvgIpc) is 3.09. The first-order valence-electron chi connectivity index (χ1n) is 7.01. The van der Waals surface area contributed by atoms with Gasteiger partial charge in [0.2, 0.25) is 5.91 Å². The zero-order valence-corrected chi connectivity index (χ0v) is 13.0. The molecule has 0 aliphatic carbocycles. The molecule has 0 bridgehead atoms. The monoisotopic (exact) mass is 336 g/mol. The van der Waals surface area contributed by atoms with Crippen LogP contribution in [0.4, 0.5) is 10.1 Å². The van der Waals surface area contributed by atoms with Crippen LogP contribution in [0.25, 0.3) is 0 Å². The number of nitrogens with zero attached hydrogens (tertiary/aromatic N) is 3. The Kier molecular flexibility index (Phi) is 4.04. The molecule has 23 heavy (non-hydrogen) atoms. The van der Waals surface area contributed by atoms with Gasteiger partial charge in [0.1, 0.15) is 11.9 Å². The maximum Gasteiger partial charge on any atom is 0.255 e. The van der Waals surface area contributed by atoms with Crippen LogP contribution in [-0.4, -0.2) is 34.2 Å². The van der Waals surface area contributed by atoms with E-state index in [-0.39, 0.29) is 16.8 Å². The van der Waals surface area contributed by atoms with Crippen molar-refractivity contribution in [1.29, 1.82) is 0 Å². The van der Waals surface area contributed by atoms with Crippen LogP contribution in [-0.2, 0) is 11.8 Å². The third-order valence-corrected chi connectivity index (χ3v) is 4.00. The molecule has 1 aromatic carbocycles. The molecule has 1 atom stereocenters. The molecule has 1 N–H and O–H groups in total. The van der Waals surface area contributed by atoms with Crippen LogP contribution < -0.4 is 10.2 Å². The molecular formula is C15H14ClFN4O2. The van der Waals surface area contributed by atoms with E-state index >= 15 is 0 Å². The predicted molar refractivity (Wildman–Crippen MR) is 82.8 cm³/mol. The van der Waals surface area contributed by atoms with Crippen molar-refractivity contribution in [3.63, 3.8) is 0 Å². The number of aryl methyl sites for hydroxylation is 1. The normalized spacial score (nSPS) is 17.6. The Morgan fingerprint density at radius 2 is 2.26 bits per heavy atom. The number of aromatic nitrogens is 2. The summed E-state index contributed by atoms with van der Waals surface area (Å²) in [7, 11) is 1.70. The smallest absolute Gasteiger partial charge is 0.255 e. The van der Waals surface area contributed by atoms with E-state index in [9.17, 15) is 14.0 Å². The van der Waals surface area contributed by atoms with Crippen molar-refractivity contribution in [3.8, 4) is 0 Å². The second kappa shape index (κ2) is 6.00. The molecule has 8 heteroatoms. The van der Waals surface area contributed by atoms with Gasteiger partial charge in [0.05, 0.1) is 16.8 Å². The van der Waals surface area contributed by atoms with Gasteiger partial charge >= 0.3 is 0 Å². The quantitative estimate of drug-likeness (QED) is 0.928. The van der Waals surface area contributed by atoms with Gasteiger partial charge in [-0.15, -0.1) is 0 Å². The molecule has 2 amide bonds. The number of benzene rings is 1. The van der Waals surface area contributed by atoms with Crippen LogP contribution in [0.1, 0.15) is 16.8 Å². The predicted octanol–water partition coefficient (Wildman–Crippen LogP) is 1.75. The van der Waals surface area contributed by atoms with E-state index in [0.29, 0.717) is 24.2 Å². The first-order chi connectivity index (χ1) is 11.0. The molecule has 1 aromatic heterocycles. The molecule has 1 aliphatic rings. The number of carbonyl (C=O) groups is 2. The Morgan fingerprint density at radius 1 is 1.48 bits per heavy atom. The Morgan fingerprint density at radius 3 is 2.91 bits per heavy atom. The van der Waals surface area contributed by atoms with E-state index in [1.54, 1.807) is 19.3 Å². The number of anilines is 1. The number of nitrogens with one attached hydrogen (secondary N) is 1. The lowest BCUT2D eigenvalue weighted by Crippen LogP contribution is -2.41. The standard InChI is InChI=1S/C15H14ClFN4O2/c1-20-8-9(7-18-20)14(22)19-13-4-5-21(15(13)23)10-2-3-11(16)12(17)6-10/h2-3,6-8,13H,4-5H2,1H3,(H,19,22)/t13-/m0/s1. The lowest BCUT2D eigenvalue weighted by Gasteiger charge is -2.17. The molecule has 1 aliphatic heterocycles. The minimum absolute atomic E-state index is 0.00169. The van der Waals surface area contributed by atoms with Crippen molar-refractivity contribution in [3.05, 3.63) is 47.0 Å². The zero-order valence-electron chi connectivity index (χ0n) is 12.3. The maximum absolute atomic E-state index is 13.5. The Labute approximate surface area is 136 Å². The highest BCUT2D eigenvalue weighted by atomic mass is 35.5. The van der Waals surface area contributed by atoms with E-state index in [0.717, 1.165) is 0 Å². The average molecular weight is 337 g/mol. The van der Waals surface area contributed by atoms with E-state index in [1.165, 1.54) is 27.9 Å². The molecule has 1 saturated heterocycles. The highest BCUT2D eigenvalue weighted by molar-refractivity contribution is 6.30. The van der Waals surface area contributed by atoms with Gasteiger partial charge < -0.3 is 10.2 Å². The van der Waals surface area contributed by atoms with Crippen molar-refractivity contribution < 1.29 is 14.0 Å². The fraction of sp³-hybridized carbons (Fsp3) is 0.267. The second-order valence-corrected chi connectivity index (χ2v) is 5.71. The molecule has 2 aromatic rings. The number of hydrogen-bond acceptors (Lipinski definition) is 3. The van der Waals surface area contributed by atoms with Crippen LogP contribution in [0.15, 0.2) is 30.6 Å². The van der Waals surface area contributed by atoms with Crippen LogP contribution >= 0.6 is 11.6 Å². The molecule has 0 unspecified atom stereocenters. The highest BCUT2D eigenvalue weighted by Crippen LogP contribution is 2.25. The summed E-state index contributed by atoms with van der Waals surface area (Å²) in [5.41, 5.74) is 0.811. The summed E-state index contributed by atoms with van der Waals surface area (Å²) >= 11 is 5.65. The minimum Gasteiger partial charge on any atom is -0.340 e. The lowest BCUT2D eigenvalue weighted by atomic mass is 10.2. The molecule has 3 rings (SSSR count). The van der Waals surface area contributed by atoms with Gasteiger partial charge in [-0.2, -0.15) is 5.10 Å². The van der Waals surface area contributed by atoms with Gasteiger partial charge in [-0.3, -0.25) is 14.3 Å². The fourth-order valence-corrected chi connectivity index (χ4v) is 2.62. The van der Waals surface area contributed by atoms with Gasteiger partial charge in [0, 0.05) is 25.5 Å². The summed E-state index contributed by atoms with van der Waals surface area (Å²) < 4.78 is 15.0. The number of hydrogen-bond donors (Lipinski definition) is 1. The number of rotatable bonds is 3. The van der Waals surface area contributed by atoms with E-state index in [4.69, 9.17) is 11.6 Å². The van der Waals surface area contributed by atoms with Gasteiger partial charge in [-0.1, -0.05) is 11.6 Å². The van der Waals surface area contributed by atoms with E-state index < -0.39 is 11.9 Å². The van der Waals surface area contributed by atoms with Crippen molar-refractivity contribution in [2.45, 2.75) is 12.5 Å². The SMILES string of the molecule is Cn1cc(C(=O)N[C@H]2CCN(c3ccc(Cl)c(F)c3)C2=O)cn1. The first kappa shape index (κ1) is 15.5. The van der Waals surface area contributed by atoms with Crippen LogP contribution in [0.3, 0.4) is 0 Å². The summed E-state index contributed by atoms with van der Waals surface area (Å²) in [5.74, 6) is -1.22. The fourth-order valence-electron chi connectivity index (χ4n) is 2.50. The van der Waals surface area contributed by atoms with Crippen LogP contribution in [0.5, 0.6) is 0 Å². The van der Waals surface area contributed by atoms with Gasteiger partial charge in [0.15, 0.2) is 0 Å². The molecule has 0 radical (unpaired) electrons. The summed E-state index contributed by atoms with van der Waals surface area (Å²) in [6, 6.07) is 3.56. The van der Waals surface area contributed by atoms with Gasteiger partial charge in [-0.05, 0) is 24.6 Å². The summed E-state index contributed by atoms with van der Waals surface area (Å²) in [6.45, 7) is 0.401. The topological polar surface area (TPSA) is 67.2 Å². The third-order valence-electron chi connectivity index (χ3n) is 3.69.